The molecule has 3 rings (SSSR count). The lowest BCUT2D eigenvalue weighted by molar-refractivity contribution is 0.227. The molecule has 0 aliphatic rings. The Labute approximate surface area is 117 Å². The normalized spacial score (nSPS) is 17.3. The van der Waals surface area contributed by atoms with Crippen LogP contribution in [-0.2, 0) is 0 Å². The lowest BCUT2D eigenvalue weighted by Crippen LogP contribution is -2.11. The van der Waals surface area contributed by atoms with E-state index >= 15 is 0 Å². The van der Waals surface area contributed by atoms with E-state index in [4.69, 9.17) is 18.7 Å². The van der Waals surface area contributed by atoms with Crippen LogP contribution in [0.4, 0.5) is 5.95 Å². The van der Waals surface area contributed by atoms with Crippen molar-refractivity contribution in [1.82, 2.24) is 29.8 Å². The van der Waals surface area contributed by atoms with Crippen LogP contribution in [0.3, 0.4) is 0 Å². The number of anilines is 1. The zero-order valence-corrected chi connectivity index (χ0v) is 9.53. The fourth-order valence-electron chi connectivity index (χ4n) is 1.65. The number of ether oxygens (including phenoxy) is 1. The number of hydrogen-bond donors (Lipinski definition) is 2. The molecule has 0 unspecified atom stereocenters. The number of aromatic amines is 1. The fraction of sp³-hybridized carbons (Fsp3) is 0.273. The van der Waals surface area contributed by atoms with Gasteiger partial charge in [-0.2, -0.15) is 14.6 Å². The van der Waals surface area contributed by atoms with Crippen LogP contribution in [0.1, 0.15) is 21.9 Å². The molecule has 8 heteroatoms. The summed E-state index contributed by atoms with van der Waals surface area (Å²) in [5.74, 6) is -0.310. The molecule has 0 aliphatic heterocycles. The van der Waals surface area contributed by atoms with Gasteiger partial charge in [0.15, 0.2) is 5.65 Å². The maximum Gasteiger partial charge on any atom is 0.244 e. The van der Waals surface area contributed by atoms with Crippen LogP contribution in [0.2, 0.25) is 0 Å². The van der Waals surface area contributed by atoms with Crippen molar-refractivity contribution in [2.75, 3.05) is 5.73 Å². The smallest absolute Gasteiger partial charge is 0.244 e. The third-order valence-corrected chi connectivity index (χ3v) is 2.35. The van der Waals surface area contributed by atoms with Crippen molar-refractivity contribution in [2.45, 2.75) is 19.8 Å². The zero-order chi connectivity index (χ0) is 18.4. The van der Waals surface area contributed by atoms with Crippen molar-refractivity contribution in [3.8, 4) is 17.1 Å². The molecule has 3 N–H and O–H groups in total. The summed E-state index contributed by atoms with van der Waals surface area (Å²) < 4.78 is 51.5. The fourth-order valence-corrected chi connectivity index (χ4v) is 1.65. The number of H-pyrrole nitrogens is 1. The van der Waals surface area contributed by atoms with Crippen LogP contribution >= 0.6 is 0 Å². The van der Waals surface area contributed by atoms with Crippen molar-refractivity contribution >= 4 is 11.6 Å². The van der Waals surface area contributed by atoms with E-state index in [2.05, 4.69) is 25.3 Å². The quantitative estimate of drug-likeness (QED) is 0.728. The second kappa shape index (κ2) is 4.23. The zero-order valence-electron chi connectivity index (χ0n) is 15.5. The number of nitrogens with zero attached hydrogens (tertiary/aromatic N) is 5. The minimum absolute atomic E-state index is 0.102. The van der Waals surface area contributed by atoms with Crippen molar-refractivity contribution < 1.29 is 13.0 Å². The first-order chi connectivity index (χ1) is 11.6. The second-order valence-electron chi connectivity index (χ2n) is 3.64. The minimum Gasteiger partial charge on any atom is -0.473 e. The van der Waals surface area contributed by atoms with Gasteiger partial charge < -0.3 is 10.5 Å². The van der Waals surface area contributed by atoms with Gasteiger partial charge >= 0.3 is 0 Å². The molecule has 0 aliphatic carbocycles. The van der Waals surface area contributed by atoms with Gasteiger partial charge in [0.2, 0.25) is 11.8 Å². The van der Waals surface area contributed by atoms with Gasteiger partial charge in [0, 0.05) is 20.0 Å². The minimum atomic E-state index is -2.91. The number of hydrogen-bond acceptors (Lipinski definition) is 6. The summed E-state index contributed by atoms with van der Waals surface area (Å²) in [6.07, 6.45) is 2.16. The molecule has 0 bridgehead atoms. The van der Waals surface area contributed by atoms with E-state index < -0.39 is 19.8 Å². The Balaban J connectivity index is 2.20. The molecule has 0 spiro atoms. The predicted molar refractivity (Wildman–Crippen MR) is 68.5 cm³/mol. The molecule has 98 valence electrons. The molecule has 0 saturated carbocycles. The van der Waals surface area contributed by atoms with Crippen LogP contribution in [0.25, 0.3) is 16.9 Å². The van der Waals surface area contributed by atoms with E-state index in [1.54, 1.807) is 0 Å². The molecule has 0 amide bonds. The Bertz CT molecular complexity index is 871. The molecule has 0 aromatic carbocycles. The monoisotopic (exact) mass is 265 g/mol. The molecule has 3 aromatic rings. The van der Waals surface area contributed by atoms with Gasteiger partial charge in [-0.25, -0.2) is 4.98 Å². The molecule has 0 atom stereocenters. The van der Waals surface area contributed by atoms with E-state index in [1.165, 1.54) is 18.6 Å². The number of aromatic nitrogens is 6. The number of nitrogens with two attached hydrogens (primary N) is 1. The van der Waals surface area contributed by atoms with E-state index in [-0.39, 0.29) is 23.2 Å². The number of fused-ring (bicyclic) bond motifs is 1. The summed E-state index contributed by atoms with van der Waals surface area (Å²) in [6, 6.07) is 0. The van der Waals surface area contributed by atoms with E-state index in [9.17, 15) is 0 Å². The molecule has 0 saturated heterocycles. The van der Waals surface area contributed by atoms with Crippen molar-refractivity contribution in [1.29, 1.82) is 0 Å². The molecule has 0 fully saturated rings. The van der Waals surface area contributed by atoms with E-state index in [0.29, 0.717) is 5.56 Å². The Kier molecular flexibility index (Phi) is 1.45. The third-order valence-electron chi connectivity index (χ3n) is 2.35. The van der Waals surface area contributed by atoms with Crippen LogP contribution < -0.4 is 10.5 Å². The first kappa shape index (κ1) is 6.50. The van der Waals surface area contributed by atoms with Crippen molar-refractivity contribution in [2.24, 2.45) is 0 Å². The first-order valence-electron chi connectivity index (χ1n) is 8.24. The first-order valence-corrected chi connectivity index (χ1v) is 5.24. The maximum absolute atomic E-state index is 7.49. The predicted octanol–water partition coefficient (Wildman–Crippen LogP) is 0.884. The van der Waals surface area contributed by atoms with E-state index in [1.807, 2.05) is 0 Å². The van der Waals surface area contributed by atoms with Gasteiger partial charge in [0.25, 0.3) is 0 Å². The van der Waals surface area contributed by atoms with Crippen LogP contribution in [0, 0.1) is 0 Å². The number of nitrogen functional groups attached to an aromatic ring is 1. The van der Waals surface area contributed by atoms with Gasteiger partial charge in [-0.15, -0.1) is 5.10 Å². The third kappa shape index (κ3) is 1.96. The van der Waals surface area contributed by atoms with Gasteiger partial charge in [0.05, 0.1) is 18.5 Å². The summed E-state index contributed by atoms with van der Waals surface area (Å²) in [6.45, 7) is -5.82. The van der Waals surface area contributed by atoms with Crippen molar-refractivity contribution in [3.63, 3.8) is 0 Å². The highest BCUT2D eigenvalue weighted by atomic mass is 16.5. The summed E-state index contributed by atoms with van der Waals surface area (Å²) in [4.78, 5) is 8.06. The highest BCUT2D eigenvalue weighted by molar-refractivity contribution is 5.65. The highest BCUT2D eigenvalue weighted by Gasteiger charge is 2.17. The Morgan fingerprint density at radius 1 is 1.47 bits per heavy atom. The van der Waals surface area contributed by atoms with Crippen LogP contribution in [0.15, 0.2) is 18.6 Å². The average Bonchev–Trinajstić information content (AvgIpc) is 3.09. The lowest BCUT2D eigenvalue weighted by atomic mass is 10.2. The van der Waals surface area contributed by atoms with Gasteiger partial charge in [-0.1, -0.05) is 0 Å². The van der Waals surface area contributed by atoms with E-state index in [0.717, 1.165) is 4.52 Å². The highest BCUT2D eigenvalue weighted by Crippen LogP contribution is 2.28. The Morgan fingerprint density at radius 2 is 2.37 bits per heavy atom. The molecule has 19 heavy (non-hydrogen) atoms. The average molecular weight is 265 g/mol. The second-order valence-corrected chi connectivity index (χ2v) is 3.64. The number of nitrogens with one attached hydrogen (secondary N) is 1. The maximum atomic E-state index is 7.49. The summed E-state index contributed by atoms with van der Waals surface area (Å²) in [5, 5.41) is 10.3. The van der Waals surface area contributed by atoms with Gasteiger partial charge in [-0.3, -0.25) is 5.10 Å². The molecule has 3 aromatic heterocycles. The molecular formula is C11H13N7O. The lowest BCUT2D eigenvalue weighted by Gasteiger charge is -2.13. The Hall–Kier alpha value is -2.64. The summed E-state index contributed by atoms with van der Waals surface area (Å²) in [5.41, 5.74) is 6.33. The Morgan fingerprint density at radius 3 is 3.11 bits per heavy atom. The van der Waals surface area contributed by atoms with Crippen molar-refractivity contribution in [3.05, 3.63) is 18.6 Å². The summed E-state index contributed by atoms with van der Waals surface area (Å²) in [7, 11) is 0. The molecular weight excluding hydrogens is 246 g/mol. The topological polar surface area (TPSA) is 107 Å². The molecule has 0 radical (unpaired) electrons. The SMILES string of the molecule is [2H]C([2H])([2H])C(Oc1c(-c2cn[nH]c2)ncc2nc(N)nn12)C([2H])([2H])[2H]. The molecule has 3 heterocycles. The van der Waals surface area contributed by atoms with Gasteiger partial charge in [-0.05, 0) is 13.7 Å². The standard InChI is InChI=1S/C11H13N7O/c1-6(2)19-10-9(7-3-14-15-4-7)13-5-8-16-11(12)17-18(8)10/h3-6H,1-2H3,(H2,12,17)(H,14,15)/i1D3,2D3. The number of rotatable bonds is 3. The van der Waals surface area contributed by atoms with Crippen LogP contribution in [-0.4, -0.2) is 35.9 Å². The van der Waals surface area contributed by atoms with Crippen LogP contribution in [0.5, 0.6) is 5.88 Å². The van der Waals surface area contributed by atoms with Gasteiger partial charge in [0.1, 0.15) is 5.69 Å². The summed E-state index contributed by atoms with van der Waals surface area (Å²) >= 11 is 0. The largest absolute Gasteiger partial charge is 0.473 e. The molecule has 8 nitrogen and oxygen atoms in total.